The van der Waals surface area contributed by atoms with E-state index in [9.17, 15) is 19.0 Å². The maximum Gasteiger partial charge on any atom is 0.472 e. The first-order chi connectivity index (χ1) is 28.8. The van der Waals surface area contributed by atoms with Crippen molar-refractivity contribution in [2.45, 2.75) is 200 Å². The third-order valence-corrected chi connectivity index (χ3v) is 10.5. The molecule has 0 aliphatic heterocycles. The van der Waals surface area contributed by atoms with Gasteiger partial charge >= 0.3 is 19.8 Å². The maximum atomic E-state index is 12.6. The predicted molar refractivity (Wildman–Crippen MR) is 247 cm³/mol. The first-order valence-corrected chi connectivity index (χ1v) is 24.9. The highest BCUT2D eigenvalue weighted by Gasteiger charge is 2.26. The SMILES string of the molecule is CCCCCC=CCC=CCC=CCC=CCCCCCC(=O)OCC(COP(=O)(O)OCCN)OC(=O)CCCCCCCCCCCC=CCC=CCCCCC. The van der Waals surface area contributed by atoms with Gasteiger partial charge in [0.1, 0.15) is 6.61 Å². The predicted octanol–water partition coefficient (Wildman–Crippen LogP) is 13.8. The number of hydrogen-bond acceptors (Lipinski definition) is 8. The van der Waals surface area contributed by atoms with E-state index in [-0.39, 0.29) is 32.6 Å². The van der Waals surface area contributed by atoms with Gasteiger partial charge in [0.15, 0.2) is 6.10 Å². The minimum Gasteiger partial charge on any atom is -0.462 e. The van der Waals surface area contributed by atoms with Crippen LogP contribution in [-0.4, -0.2) is 49.3 Å². The molecule has 59 heavy (non-hydrogen) atoms. The zero-order chi connectivity index (χ0) is 43.2. The number of phosphoric acid groups is 1. The molecule has 0 amide bonds. The Balaban J connectivity index is 4.19. The summed E-state index contributed by atoms with van der Waals surface area (Å²) in [5.74, 6) is -0.872. The Bertz CT molecular complexity index is 1190. The molecule has 0 rings (SSSR count). The topological polar surface area (TPSA) is 134 Å². The molecule has 9 nitrogen and oxygen atoms in total. The molecule has 0 bridgehead atoms. The van der Waals surface area contributed by atoms with E-state index in [1.165, 1.54) is 83.5 Å². The summed E-state index contributed by atoms with van der Waals surface area (Å²) in [6.45, 7) is 3.64. The van der Waals surface area contributed by atoms with Gasteiger partial charge in [-0.1, -0.05) is 164 Å². The van der Waals surface area contributed by atoms with E-state index < -0.39 is 32.5 Å². The summed E-state index contributed by atoms with van der Waals surface area (Å²) in [6, 6.07) is 0. The van der Waals surface area contributed by atoms with Gasteiger partial charge in [-0.2, -0.15) is 0 Å². The number of carbonyl (C=O) groups is 2. The van der Waals surface area contributed by atoms with E-state index in [1.54, 1.807) is 0 Å². The zero-order valence-electron chi connectivity index (χ0n) is 37.5. The van der Waals surface area contributed by atoms with E-state index in [1.807, 2.05) is 0 Å². The lowest BCUT2D eigenvalue weighted by Gasteiger charge is -2.19. The fraction of sp³-hybridized carbons (Fsp3) is 0.714. The van der Waals surface area contributed by atoms with Crippen LogP contribution in [-0.2, 0) is 32.7 Å². The van der Waals surface area contributed by atoms with Crippen LogP contribution in [0.25, 0.3) is 0 Å². The zero-order valence-corrected chi connectivity index (χ0v) is 38.4. The van der Waals surface area contributed by atoms with Crippen molar-refractivity contribution in [3.63, 3.8) is 0 Å². The summed E-state index contributed by atoms with van der Waals surface area (Å²) in [6.07, 6.45) is 55.0. The van der Waals surface area contributed by atoms with Crippen molar-refractivity contribution in [2.24, 2.45) is 5.73 Å². The van der Waals surface area contributed by atoms with Gasteiger partial charge in [0.2, 0.25) is 0 Å². The van der Waals surface area contributed by atoms with Crippen molar-refractivity contribution in [3.8, 4) is 0 Å². The molecule has 2 atom stereocenters. The molecule has 0 aliphatic carbocycles. The first kappa shape index (κ1) is 56.5. The van der Waals surface area contributed by atoms with Gasteiger partial charge in [-0.25, -0.2) is 4.57 Å². The molecule has 0 aromatic rings. The van der Waals surface area contributed by atoms with Gasteiger partial charge in [-0.05, 0) is 89.9 Å². The number of unbranched alkanes of at least 4 members (excludes halogenated alkanes) is 18. The Kier molecular flexibility index (Phi) is 43.0. The fourth-order valence-corrected chi connectivity index (χ4v) is 6.82. The molecule has 0 aromatic heterocycles. The largest absolute Gasteiger partial charge is 0.472 e. The molecule has 0 aromatic carbocycles. The lowest BCUT2D eigenvalue weighted by atomic mass is 10.1. The molecule has 0 radical (unpaired) electrons. The molecule has 10 heteroatoms. The third-order valence-electron chi connectivity index (χ3n) is 9.56. The third kappa shape index (κ3) is 44.8. The summed E-state index contributed by atoms with van der Waals surface area (Å²) in [7, 11) is -4.39. The number of carbonyl (C=O) groups excluding carboxylic acids is 2. The van der Waals surface area contributed by atoms with Crippen LogP contribution in [0.15, 0.2) is 72.9 Å². The van der Waals surface area contributed by atoms with Gasteiger partial charge in [0, 0.05) is 19.4 Å². The van der Waals surface area contributed by atoms with Crippen molar-refractivity contribution in [1.29, 1.82) is 0 Å². The monoisotopic (exact) mass is 848 g/mol. The minimum atomic E-state index is -4.39. The van der Waals surface area contributed by atoms with Crippen LogP contribution in [0.2, 0.25) is 0 Å². The van der Waals surface area contributed by atoms with Gasteiger partial charge in [-0.15, -0.1) is 0 Å². The van der Waals surface area contributed by atoms with Gasteiger partial charge < -0.3 is 20.1 Å². The Morgan fingerprint density at radius 1 is 0.508 bits per heavy atom. The summed E-state index contributed by atoms with van der Waals surface area (Å²) in [5.41, 5.74) is 5.35. The van der Waals surface area contributed by atoms with Crippen LogP contribution in [0, 0.1) is 0 Å². The van der Waals surface area contributed by atoms with Crippen molar-refractivity contribution < 1.29 is 37.6 Å². The number of esters is 2. The minimum absolute atomic E-state index is 0.0447. The summed E-state index contributed by atoms with van der Waals surface area (Å²) >= 11 is 0. The van der Waals surface area contributed by atoms with E-state index in [0.29, 0.717) is 12.8 Å². The summed E-state index contributed by atoms with van der Waals surface area (Å²) in [5, 5.41) is 0. The number of rotatable bonds is 43. The van der Waals surface area contributed by atoms with Crippen molar-refractivity contribution >= 4 is 19.8 Å². The molecule has 0 aliphatic rings. The van der Waals surface area contributed by atoms with Crippen LogP contribution in [0.5, 0.6) is 0 Å². The first-order valence-electron chi connectivity index (χ1n) is 23.4. The van der Waals surface area contributed by atoms with Gasteiger partial charge in [0.05, 0.1) is 13.2 Å². The van der Waals surface area contributed by atoms with Crippen molar-refractivity contribution in [1.82, 2.24) is 0 Å². The highest BCUT2D eigenvalue weighted by molar-refractivity contribution is 7.47. The normalized spacial score (nSPS) is 13.9. The highest BCUT2D eigenvalue weighted by atomic mass is 31.2. The van der Waals surface area contributed by atoms with Gasteiger partial charge in [-0.3, -0.25) is 18.6 Å². The lowest BCUT2D eigenvalue weighted by molar-refractivity contribution is -0.161. The molecule has 0 saturated heterocycles. The Labute approximate surface area is 361 Å². The number of phosphoric ester groups is 1. The van der Waals surface area contributed by atoms with Gasteiger partial charge in [0.25, 0.3) is 0 Å². The second-order valence-electron chi connectivity index (χ2n) is 15.3. The molecule has 0 heterocycles. The average Bonchev–Trinajstić information content (AvgIpc) is 3.22. The highest BCUT2D eigenvalue weighted by Crippen LogP contribution is 2.43. The van der Waals surface area contributed by atoms with Crippen molar-refractivity contribution in [2.75, 3.05) is 26.4 Å². The van der Waals surface area contributed by atoms with Crippen LogP contribution >= 0.6 is 7.82 Å². The second kappa shape index (κ2) is 45.0. The smallest absolute Gasteiger partial charge is 0.462 e. The summed E-state index contributed by atoms with van der Waals surface area (Å²) < 4.78 is 32.8. The second-order valence-corrected chi connectivity index (χ2v) is 16.7. The molecule has 0 fully saturated rings. The Morgan fingerprint density at radius 2 is 0.881 bits per heavy atom. The molecule has 0 saturated carbocycles. The van der Waals surface area contributed by atoms with Crippen LogP contribution in [0.3, 0.4) is 0 Å². The van der Waals surface area contributed by atoms with Crippen molar-refractivity contribution in [3.05, 3.63) is 72.9 Å². The van der Waals surface area contributed by atoms with E-state index in [2.05, 4.69) is 86.8 Å². The molecule has 3 N–H and O–H groups in total. The molecular weight excluding hydrogens is 762 g/mol. The van der Waals surface area contributed by atoms with Crippen LogP contribution in [0.4, 0.5) is 0 Å². The number of hydrogen-bond donors (Lipinski definition) is 2. The molecular formula is C49H86NO8P. The van der Waals surface area contributed by atoms with Crippen LogP contribution < -0.4 is 5.73 Å². The summed E-state index contributed by atoms with van der Waals surface area (Å²) in [4.78, 5) is 35.0. The van der Waals surface area contributed by atoms with Crippen LogP contribution in [0.1, 0.15) is 194 Å². The fourth-order valence-electron chi connectivity index (χ4n) is 6.06. The molecule has 0 spiro atoms. The number of ether oxygens (including phenoxy) is 2. The maximum absolute atomic E-state index is 12.6. The Hall–Kier alpha value is -2.55. The quantitative estimate of drug-likeness (QED) is 0.0266. The molecule has 340 valence electrons. The number of nitrogens with two attached hydrogens (primary N) is 1. The average molecular weight is 848 g/mol. The standard InChI is InChI=1S/C49H86NO8P/c1-3-5-7-9-11-13-15-17-19-21-23-25-27-29-31-33-35-37-39-41-48(51)55-45-47(46-57-59(53,54)56-44-43-50)58-49(52)42-40-38-36-34-32-30-28-26-24-22-20-18-16-14-12-10-8-6-4-2/h11-14,17-20,23,25,29,31,47H,3-10,15-16,21-22,24,26-28,30,32-46,50H2,1-2H3,(H,53,54). The van der Waals surface area contributed by atoms with E-state index in [0.717, 1.165) is 70.6 Å². The lowest BCUT2D eigenvalue weighted by Crippen LogP contribution is -2.29. The Morgan fingerprint density at radius 3 is 1.32 bits per heavy atom. The van der Waals surface area contributed by atoms with E-state index >= 15 is 0 Å². The molecule has 2 unspecified atom stereocenters. The number of allylic oxidation sites excluding steroid dienone is 12. The van der Waals surface area contributed by atoms with E-state index in [4.69, 9.17) is 24.3 Å².